The lowest BCUT2D eigenvalue weighted by atomic mass is 10.1. The standard InChI is InChI=1S/C21H23ClN6O/c1-3-13-6-4-5-7-16(13)24-19-15(22)11-23-21(27-19)26-18-10-14-12-28(2)9-8-17(14)25-20(18)29/h4-7,10-11H,3,8-9,12H2,1-2H3,(H,25,29)(H2,23,24,26,27). The number of hydrogen-bond donors (Lipinski definition) is 3. The van der Waals surface area contributed by atoms with Gasteiger partial charge in [0.2, 0.25) is 5.95 Å². The van der Waals surface area contributed by atoms with Gasteiger partial charge in [-0.05, 0) is 36.7 Å². The molecule has 3 aromatic rings. The van der Waals surface area contributed by atoms with Gasteiger partial charge >= 0.3 is 0 Å². The molecule has 0 radical (unpaired) electrons. The number of fused-ring (bicyclic) bond motifs is 1. The van der Waals surface area contributed by atoms with Crippen LogP contribution >= 0.6 is 11.6 Å². The van der Waals surface area contributed by atoms with Gasteiger partial charge in [-0.25, -0.2) is 4.98 Å². The van der Waals surface area contributed by atoms with Crippen molar-refractivity contribution in [1.29, 1.82) is 0 Å². The number of benzene rings is 1. The first-order valence-corrected chi connectivity index (χ1v) is 9.99. The van der Waals surface area contributed by atoms with Gasteiger partial charge in [0.1, 0.15) is 10.7 Å². The van der Waals surface area contributed by atoms with Gasteiger partial charge in [0.25, 0.3) is 5.56 Å². The van der Waals surface area contributed by atoms with Crippen LogP contribution in [0.1, 0.15) is 23.7 Å². The lowest BCUT2D eigenvalue weighted by Crippen LogP contribution is -2.29. The second-order valence-electron chi connectivity index (χ2n) is 7.15. The smallest absolute Gasteiger partial charge is 0.271 e. The summed E-state index contributed by atoms with van der Waals surface area (Å²) in [6.45, 7) is 3.82. The third kappa shape index (κ3) is 4.26. The van der Waals surface area contributed by atoms with Gasteiger partial charge in [-0.15, -0.1) is 0 Å². The van der Waals surface area contributed by atoms with Crippen LogP contribution in [0.4, 0.5) is 23.1 Å². The predicted molar refractivity (Wildman–Crippen MR) is 117 cm³/mol. The van der Waals surface area contributed by atoms with Crippen molar-refractivity contribution in [2.24, 2.45) is 0 Å². The molecule has 0 atom stereocenters. The molecule has 0 bridgehead atoms. The highest BCUT2D eigenvalue weighted by molar-refractivity contribution is 6.32. The lowest BCUT2D eigenvalue weighted by Gasteiger charge is -2.24. The van der Waals surface area contributed by atoms with Crippen LogP contribution in [-0.4, -0.2) is 33.4 Å². The molecule has 1 aromatic carbocycles. The maximum atomic E-state index is 12.5. The zero-order valence-electron chi connectivity index (χ0n) is 16.4. The Morgan fingerprint density at radius 1 is 1.24 bits per heavy atom. The van der Waals surface area contributed by atoms with Crippen molar-refractivity contribution in [2.75, 3.05) is 24.2 Å². The molecule has 0 saturated heterocycles. The summed E-state index contributed by atoms with van der Waals surface area (Å²) in [7, 11) is 2.07. The maximum Gasteiger partial charge on any atom is 0.271 e. The molecular formula is C21H23ClN6O. The van der Waals surface area contributed by atoms with E-state index in [0.717, 1.165) is 48.4 Å². The number of rotatable bonds is 5. The fourth-order valence-corrected chi connectivity index (χ4v) is 3.59. The van der Waals surface area contributed by atoms with E-state index in [-0.39, 0.29) is 5.56 Å². The Balaban J connectivity index is 1.61. The topological polar surface area (TPSA) is 85.9 Å². The number of nitrogens with one attached hydrogen (secondary N) is 3. The molecule has 0 saturated carbocycles. The third-order valence-corrected chi connectivity index (χ3v) is 5.32. The van der Waals surface area contributed by atoms with E-state index in [1.54, 1.807) is 0 Å². The van der Waals surface area contributed by atoms with Gasteiger partial charge in [0.05, 0.1) is 6.20 Å². The Labute approximate surface area is 174 Å². The number of anilines is 4. The number of aromatic amines is 1. The molecule has 0 aliphatic carbocycles. The highest BCUT2D eigenvalue weighted by atomic mass is 35.5. The molecule has 3 N–H and O–H groups in total. The molecule has 1 aliphatic heterocycles. The van der Waals surface area contributed by atoms with Crippen LogP contribution in [0.3, 0.4) is 0 Å². The van der Waals surface area contributed by atoms with E-state index in [1.807, 2.05) is 24.3 Å². The number of aromatic nitrogens is 3. The summed E-state index contributed by atoms with van der Waals surface area (Å²) >= 11 is 6.30. The Morgan fingerprint density at radius 2 is 2.07 bits per heavy atom. The van der Waals surface area contributed by atoms with Crippen molar-refractivity contribution in [3.63, 3.8) is 0 Å². The van der Waals surface area contributed by atoms with Gasteiger partial charge in [0.15, 0.2) is 5.82 Å². The molecule has 2 aromatic heterocycles. The van der Waals surface area contributed by atoms with Gasteiger partial charge < -0.3 is 20.5 Å². The molecule has 7 nitrogen and oxygen atoms in total. The summed E-state index contributed by atoms with van der Waals surface area (Å²) in [5.41, 5.74) is 4.43. The highest BCUT2D eigenvalue weighted by Crippen LogP contribution is 2.27. The van der Waals surface area contributed by atoms with E-state index in [4.69, 9.17) is 11.6 Å². The molecule has 0 amide bonds. The van der Waals surface area contributed by atoms with Crippen molar-refractivity contribution < 1.29 is 0 Å². The molecule has 0 fully saturated rings. The number of halogens is 1. The number of likely N-dealkylation sites (N-methyl/N-ethyl adjacent to an activating group) is 1. The maximum absolute atomic E-state index is 12.5. The largest absolute Gasteiger partial charge is 0.339 e. The zero-order chi connectivity index (χ0) is 20.4. The van der Waals surface area contributed by atoms with Crippen molar-refractivity contribution in [3.05, 3.63) is 68.7 Å². The summed E-state index contributed by atoms with van der Waals surface area (Å²) in [5, 5.41) is 6.71. The van der Waals surface area contributed by atoms with E-state index in [9.17, 15) is 4.79 Å². The lowest BCUT2D eigenvalue weighted by molar-refractivity contribution is 0.310. The Kier molecular flexibility index (Phi) is 5.51. The Morgan fingerprint density at radius 3 is 2.90 bits per heavy atom. The number of pyridine rings is 1. The van der Waals surface area contributed by atoms with E-state index in [2.05, 4.69) is 50.5 Å². The first kappa shape index (κ1) is 19.4. The van der Waals surface area contributed by atoms with Gasteiger partial charge in [0, 0.05) is 30.9 Å². The quantitative estimate of drug-likeness (QED) is 0.592. The Bertz CT molecular complexity index is 1100. The third-order valence-electron chi connectivity index (χ3n) is 5.04. The Hall–Kier alpha value is -2.90. The van der Waals surface area contributed by atoms with Gasteiger partial charge in [-0.2, -0.15) is 4.98 Å². The first-order chi connectivity index (χ1) is 14.0. The zero-order valence-corrected chi connectivity index (χ0v) is 17.2. The summed E-state index contributed by atoms with van der Waals surface area (Å²) in [4.78, 5) is 26.4. The minimum atomic E-state index is -0.183. The summed E-state index contributed by atoms with van der Waals surface area (Å²) in [6, 6.07) is 9.87. The molecular weight excluding hydrogens is 388 g/mol. The van der Waals surface area contributed by atoms with E-state index >= 15 is 0 Å². The number of aryl methyl sites for hydroxylation is 1. The molecule has 1 aliphatic rings. The molecule has 150 valence electrons. The van der Waals surface area contributed by atoms with Crippen molar-refractivity contribution in [2.45, 2.75) is 26.3 Å². The average molecular weight is 411 g/mol. The van der Waals surface area contributed by atoms with Crippen LogP contribution in [0, 0.1) is 0 Å². The van der Waals surface area contributed by atoms with Crippen LogP contribution in [0.25, 0.3) is 0 Å². The minimum Gasteiger partial charge on any atom is -0.339 e. The monoisotopic (exact) mass is 410 g/mol. The molecule has 3 heterocycles. The second kappa shape index (κ2) is 8.23. The number of H-pyrrole nitrogens is 1. The fourth-order valence-electron chi connectivity index (χ4n) is 3.45. The summed E-state index contributed by atoms with van der Waals surface area (Å²) < 4.78 is 0. The number of hydrogen-bond acceptors (Lipinski definition) is 6. The fraction of sp³-hybridized carbons (Fsp3) is 0.286. The minimum absolute atomic E-state index is 0.183. The molecule has 4 rings (SSSR count). The van der Waals surface area contributed by atoms with Crippen molar-refractivity contribution in [3.8, 4) is 0 Å². The van der Waals surface area contributed by atoms with Crippen LogP contribution in [-0.2, 0) is 19.4 Å². The highest BCUT2D eigenvalue weighted by Gasteiger charge is 2.17. The summed E-state index contributed by atoms with van der Waals surface area (Å²) in [6.07, 6.45) is 3.24. The van der Waals surface area contributed by atoms with Crippen molar-refractivity contribution in [1.82, 2.24) is 19.9 Å². The van der Waals surface area contributed by atoms with E-state index < -0.39 is 0 Å². The molecule has 8 heteroatoms. The van der Waals surface area contributed by atoms with E-state index in [0.29, 0.717) is 22.5 Å². The van der Waals surface area contributed by atoms with E-state index in [1.165, 1.54) is 6.20 Å². The SMILES string of the molecule is CCc1ccccc1Nc1nc(Nc2cc3c([nH]c2=O)CCN(C)C3)ncc1Cl. The molecule has 29 heavy (non-hydrogen) atoms. The number of para-hydroxylation sites is 1. The average Bonchev–Trinajstić information content (AvgIpc) is 2.71. The number of nitrogens with zero attached hydrogens (tertiary/aromatic N) is 3. The molecule has 0 spiro atoms. The van der Waals surface area contributed by atoms with Gasteiger partial charge in [-0.1, -0.05) is 36.7 Å². The second-order valence-corrected chi connectivity index (χ2v) is 7.56. The van der Waals surface area contributed by atoms with Crippen LogP contribution in [0.15, 0.2) is 41.3 Å². The van der Waals surface area contributed by atoms with Crippen molar-refractivity contribution >= 4 is 34.7 Å². The summed E-state index contributed by atoms with van der Waals surface area (Å²) in [5.74, 6) is 0.791. The van der Waals surface area contributed by atoms with Crippen LogP contribution in [0.5, 0.6) is 0 Å². The molecule has 0 unspecified atom stereocenters. The first-order valence-electron chi connectivity index (χ1n) is 9.61. The predicted octanol–water partition coefficient (Wildman–Crippen LogP) is 3.86. The van der Waals surface area contributed by atoms with Crippen LogP contribution in [0.2, 0.25) is 5.02 Å². The van der Waals surface area contributed by atoms with Gasteiger partial charge in [-0.3, -0.25) is 4.79 Å². The normalized spacial score (nSPS) is 13.8. The van der Waals surface area contributed by atoms with Crippen LogP contribution < -0.4 is 16.2 Å².